The molecule has 0 amide bonds. The largest absolute Gasteiger partial charge is 0.388 e. The molecule has 0 saturated carbocycles. The van der Waals surface area contributed by atoms with Crippen molar-refractivity contribution >= 4 is 5.69 Å². The Labute approximate surface area is 164 Å². The second kappa shape index (κ2) is 8.11. The van der Waals surface area contributed by atoms with Crippen LogP contribution in [0.25, 0.3) is 0 Å². The number of halogens is 2. The molecule has 0 spiro atoms. The zero-order valence-electron chi connectivity index (χ0n) is 15.5. The maximum absolute atomic E-state index is 13.3. The number of aliphatic hydroxyl groups is 1. The molecule has 3 aromatic carbocycles. The quantitative estimate of drug-likeness (QED) is 0.598. The minimum atomic E-state index is -0.600. The van der Waals surface area contributed by atoms with Crippen LogP contribution in [0, 0.1) is 17.6 Å². The van der Waals surface area contributed by atoms with Crippen LogP contribution in [0.5, 0.6) is 0 Å². The van der Waals surface area contributed by atoms with E-state index in [1.54, 1.807) is 12.1 Å². The third-order valence-corrected chi connectivity index (χ3v) is 5.58. The van der Waals surface area contributed by atoms with Crippen molar-refractivity contribution in [3.8, 4) is 0 Å². The Morgan fingerprint density at radius 2 is 1.46 bits per heavy atom. The Hall–Kier alpha value is -2.72. The monoisotopic (exact) mass is 379 g/mol. The van der Waals surface area contributed by atoms with Crippen molar-refractivity contribution in [3.05, 3.63) is 102 Å². The smallest absolute Gasteiger partial charge is 0.123 e. The van der Waals surface area contributed by atoms with Crippen molar-refractivity contribution in [2.45, 2.75) is 25.0 Å². The zero-order chi connectivity index (χ0) is 19.5. The Morgan fingerprint density at radius 3 is 2.11 bits per heavy atom. The van der Waals surface area contributed by atoms with E-state index in [0.29, 0.717) is 12.3 Å². The zero-order valence-corrected chi connectivity index (χ0v) is 15.5. The van der Waals surface area contributed by atoms with E-state index in [1.165, 1.54) is 29.8 Å². The molecular formula is C24H23F2NO. The predicted octanol–water partition coefficient (Wildman–Crippen LogP) is 5.66. The fraction of sp³-hybridized carbons (Fsp3) is 0.250. The van der Waals surface area contributed by atoms with Gasteiger partial charge in [0, 0.05) is 18.2 Å². The fourth-order valence-electron chi connectivity index (χ4n) is 4.06. The van der Waals surface area contributed by atoms with Gasteiger partial charge >= 0.3 is 0 Å². The van der Waals surface area contributed by atoms with Gasteiger partial charge in [-0.25, -0.2) is 8.78 Å². The number of anilines is 1. The minimum Gasteiger partial charge on any atom is -0.388 e. The standard InChI is InChI=1S/C24H23F2NO/c25-20-9-6-17(7-10-20)23(28)15-8-19-16-27(22-13-11-21(26)12-14-22)24(19)18-4-2-1-3-5-18/h1-7,9-14,19,23-24,28H,8,15-16H2/t19-,23?,24?/m0/s1. The molecule has 1 fully saturated rings. The highest BCUT2D eigenvalue weighted by Gasteiger charge is 2.39. The van der Waals surface area contributed by atoms with Crippen molar-refractivity contribution in [3.63, 3.8) is 0 Å². The molecule has 0 radical (unpaired) electrons. The van der Waals surface area contributed by atoms with Gasteiger partial charge in [0.15, 0.2) is 0 Å². The number of hydrogen-bond acceptors (Lipinski definition) is 2. The summed E-state index contributed by atoms with van der Waals surface area (Å²) >= 11 is 0. The predicted molar refractivity (Wildman–Crippen MR) is 107 cm³/mol. The maximum Gasteiger partial charge on any atom is 0.123 e. The topological polar surface area (TPSA) is 23.5 Å². The molecule has 28 heavy (non-hydrogen) atoms. The molecule has 1 saturated heterocycles. The van der Waals surface area contributed by atoms with Gasteiger partial charge in [0.2, 0.25) is 0 Å². The summed E-state index contributed by atoms with van der Waals surface area (Å²) in [6.45, 7) is 0.862. The van der Waals surface area contributed by atoms with Crippen LogP contribution in [0.2, 0.25) is 0 Å². The van der Waals surface area contributed by atoms with Gasteiger partial charge < -0.3 is 10.0 Å². The highest BCUT2D eigenvalue weighted by atomic mass is 19.1. The Balaban J connectivity index is 1.47. The van der Waals surface area contributed by atoms with E-state index in [4.69, 9.17) is 0 Å². The van der Waals surface area contributed by atoms with E-state index < -0.39 is 6.10 Å². The lowest BCUT2D eigenvalue weighted by Crippen LogP contribution is -2.50. The summed E-state index contributed by atoms with van der Waals surface area (Å²) < 4.78 is 26.4. The van der Waals surface area contributed by atoms with E-state index in [2.05, 4.69) is 17.0 Å². The minimum absolute atomic E-state index is 0.201. The Morgan fingerprint density at radius 1 is 0.857 bits per heavy atom. The highest BCUT2D eigenvalue weighted by Crippen LogP contribution is 2.45. The molecule has 0 bridgehead atoms. The van der Waals surface area contributed by atoms with Gasteiger partial charge in [-0.3, -0.25) is 0 Å². The van der Waals surface area contributed by atoms with Gasteiger partial charge in [0.1, 0.15) is 11.6 Å². The molecular weight excluding hydrogens is 356 g/mol. The Kier molecular flexibility index (Phi) is 5.40. The molecule has 1 N–H and O–H groups in total. The molecule has 1 aliphatic heterocycles. The summed E-state index contributed by atoms with van der Waals surface area (Å²) in [7, 11) is 0. The van der Waals surface area contributed by atoms with Crippen LogP contribution in [0.15, 0.2) is 78.9 Å². The first-order valence-electron chi connectivity index (χ1n) is 9.62. The lowest BCUT2D eigenvalue weighted by molar-refractivity contribution is 0.144. The number of benzene rings is 3. The van der Waals surface area contributed by atoms with Crippen molar-refractivity contribution < 1.29 is 13.9 Å². The van der Waals surface area contributed by atoms with Gasteiger partial charge in [-0.05, 0) is 60.4 Å². The summed E-state index contributed by atoms with van der Waals surface area (Å²) in [4.78, 5) is 2.28. The van der Waals surface area contributed by atoms with Crippen molar-refractivity contribution in [1.29, 1.82) is 0 Å². The second-order valence-corrected chi connectivity index (χ2v) is 7.39. The molecule has 4 rings (SSSR count). The highest BCUT2D eigenvalue weighted by molar-refractivity contribution is 5.52. The van der Waals surface area contributed by atoms with Gasteiger partial charge in [-0.2, -0.15) is 0 Å². The number of rotatable bonds is 6. The molecule has 2 nitrogen and oxygen atoms in total. The third kappa shape index (κ3) is 3.92. The van der Waals surface area contributed by atoms with E-state index in [0.717, 1.165) is 24.2 Å². The van der Waals surface area contributed by atoms with Gasteiger partial charge in [-0.1, -0.05) is 42.5 Å². The van der Waals surface area contributed by atoms with Crippen LogP contribution in [-0.2, 0) is 0 Å². The molecule has 1 aliphatic rings. The average molecular weight is 379 g/mol. The molecule has 3 atom stereocenters. The summed E-state index contributed by atoms with van der Waals surface area (Å²) in [6, 6.07) is 23.1. The van der Waals surface area contributed by atoms with Gasteiger partial charge in [-0.15, -0.1) is 0 Å². The number of nitrogens with zero attached hydrogens (tertiary/aromatic N) is 1. The lowest BCUT2D eigenvalue weighted by Gasteiger charge is -2.50. The first-order valence-corrected chi connectivity index (χ1v) is 9.62. The SMILES string of the molecule is OC(CC[C@H]1CN(c2ccc(F)cc2)C1c1ccccc1)c1ccc(F)cc1. The van der Waals surface area contributed by atoms with Gasteiger partial charge in [0.05, 0.1) is 12.1 Å². The average Bonchev–Trinajstić information content (AvgIpc) is 2.69. The van der Waals surface area contributed by atoms with E-state index >= 15 is 0 Å². The van der Waals surface area contributed by atoms with Crippen molar-refractivity contribution in [2.75, 3.05) is 11.4 Å². The maximum atomic E-state index is 13.3. The van der Waals surface area contributed by atoms with Crippen LogP contribution in [-0.4, -0.2) is 11.7 Å². The number of hydrogen-bond donors (Lipinski definition) is 1. The first-order chi connectivity index (χ1) is 13.6. The summed E-state index contributed by atoms with van der Waals surface area (Å²) in [6.07, 6.45) is 0.879. The first kappa shape index (κ1) is 18.6. The molecule has 144 valence electrons. The van der Waals surface area contributed by atoms with Crippen LogP contribution < -0.4 is 4.90 Å². The molecule has 1 heterocycles. The van der Waals surface area contributed by atoms with Crippen LogP contribution >= 0.6 is 0 Å². The summed E-state index contributed by atoms with van der Waals surface area (Å²) in [5.74, 6) is -0.143. The van der Waals surface area contributed by atoms with Gasteiger partial charge in [0.25, 0.3) is 0 Å². The molecule has 2 unspecified atom stereocenters. The van der Waals surface area contributed by atoms with E-state index in [9.17, 15) is 13.9 Å². The second-order valence-electron chi connectivity index (χ2n) is 7.39. The molecule has 0 aliphatic carbocycles. The van der Waals surface area contributed by atoms with Crippen LogP contribution in [0.1, 0.15) is 36.1 Å². The van der Waals surface area contributed by atoms with Crippen LogP contribution in [0.3, 0.4) is 0 Å². The fourth-order valence-corrected chi connectivity index (χ4v) is 4.06. The number of aliphatic hydroxyl groups excluding tert-OH is 1. The van der Waals surface area contributed by atoms with Crippen LogP contribution in [0.4, 0.5) is 14.5 Å². The van der Waals surface area contributed by atoms with E-state index in [-0.39, 0.29) is 17.7 Å². The Bertz CT molecular complexity index is 896. The molecule has 4 heteroatoms. The molecule has 3 aromatic rings. The summed E-state index contributed by atoms with van der Waals surface area (Å²) in [5.41, 5.74) is 2.97. The van der Waals surface area contributed by atoms with Crippen molar-refractivity contribution in [2.24, 2.45) is 5.92 Å². The third-order valence-electron chi connectivity index (χ3n) is 5.58. The normalized spacial score (nSPS) is 19.9. The van der Waals surface area contributed by atoms with E-state index in [1.807, 2.05) is 30.3 Å². The van der Waals surface area contributed by atoms with Crippen molar-refractivity contribution in [1.82, 2.24) is 0 Å². The summed E-state index contributed by atoms with van der Waals surface area (Å²) in [5, 5.41) is 10.5. The molecule has 0 aromatic heterocycles. The lowest BCUT2D eigenvalue weighted by atomic mass is 9.79.